The number of fused-ring (bicyclic) bond motifs is 2. The standard InChI is InChI=1S/C20H19BrO3/c1-2-9-23-12-17(22)13-24-20-18-6-4-3-5-14(18)10-15-7-8-16(21)11-19(15)20/h2-8,10-11,17,22H,1,9,12-13H2. The first kappa shape index (κ1) is 17.0. The van der Waals surface area contributed by atoms with Crippen LogP contribution in [0.4, 0.5) is 0 Å². The quantitative estimate of drug-likeness (QED) is 0.363. The fourth-order valence-corrected chi connectivity index (χ4v) is 3.02. The fourth-order valence-electron chi connectivity index (χ4n) is 2.66. The summed E-state index contributed by atoms with van der Waals surface area (Å²) >= 11 is 3.52. The monoisotopic (exact) mass is 386 g/mol. The second-order valence-corrected chi connectivity index (χ2v) is 6.50. The van der Waals surface area contributed by atoms with E-state index in [-0.39, 0.29) is 13.2 Å². The Hall–Kier alpha value is -1.88. The third-order valence-corrected chi connectivity index (χ3v) is 4.24. The predicted octanol–water partition coefficient (Wildman–Crippen LogP) is 4.70. The van der Waals surface area contributed by atoms with E-state index in [0.717, 1.165) is 31.8 Å². The molecule has 0 aliphatic heterocycles. The Morgan fingerprint density at radius 1 is 1.04 bits per heavy atom. The van der Waals surface area contributed by atoms with E-state index in [4.69, 9.17) is 9.47 Å². The number of hydrogen-bond acceptors (Lipinski definition) is 3. The van der Waals surface area contributed by atoms with E-state index in [1.54, 1.807) is 6.08 Å². The second kappa shape index (κ2) is 7.79. The summed E-state index contributed by atoms with van der Waals surface area (Å²) in [5, 5.41) is 14.3. The van der Waals surface area contributed by atoms with Crippen LogP contribution in [0, 0.1) is 0 Å². The molecule has 0 saturated carbocycles. The van der Waals surface area contributed by atoms with Crippen LogP contribution in [0.5, 0.6) is 5.75 Å². The molecule has 0 heterocycles. The van der Waals surface area contributed by atoms with E-state index in [0.29, 0.717) is 6.61 Å². The van der Waals surface area contributed by atoms with Gasteiger partial charge in [0.05, 0.1) is 13.2 Å². The number of rotatable bonds is 7. The average molecular weight is 387 g/mol. The molecule has 3 aromatic rings. The molecule has 0 spiro atoms. The summed E-state index contributed by atoms with van der Waals surface area (Å²) in [6.45, 7) is 4.40. The summed E-state index contributed by atoms with van der Waals surface area (Å²) in [6, 6.07) is 16.3. The highest BCUT2D eigenvalue weighted by Crippen LogP contribution is 2.36. The number of hydrogen-bond donors (Lipinski definition) is 1. The fraction of sp³-hybridized carbons (Fsp3) is 0.200. The molecule has 3 aromatic carbocycles. The first-order chi connectivity index (χ1) is 11.7. The van der Waals surface area contributed by atoms with Gasteiger partial charge in [-0.2, -0.15) is 0 Å². The van der Waals surface area contributed by atoms with Gasteiger partial charge < -0.3 is 14.6 Å². The molecule has 0 fully saturated rings. The van der Waals surface area contributed by atoms with Crippen LogP contribution in [0.25, 0.3) is 21.5 Å². The maximum absolute atomic E-state index is 10.0. The van der Waals surface area contributed by atoms with Crippen molar-refractivity contribution in [2.75, 3.05) is 19.8 Å². The highest BCUT2D eigenvalue weighted by Gasteiger charge is 2.12. The summed E-state index contributed by atoms with van der Waals surface area (Å²) in [4.78, 5) is 0. The first-order valence-corrected chi connectivity index (χ1v) is 8.59. The maximum Gasteiger partial charge on any atom is 0.135 e. The number of aliphatic hydroxyl groups excluding tert-OH is 1. The third kappa shape index (κ3) is 3.78. The van der Waals surface area contributed by atoms with Crippen LogP contribution in [0.15, 0.2) is 65.7 Å². The maximum atomic E-state index is 10.0. The summed E-state index contributed by atoms with van der Waals surface area (Å²) in [6.07, 6.45) is 0.967. The zero-order valence-electron chi connectivity index (χ0n) is 13.2. The van der Waals surface area contributed by atoms with Gasteiger partial charge in [-0.25, -0.2) is 0 Å². The molecule has 0 amide bonds. The minimum Gasteiger partial charge on any atom is -0.489 e. The van der Waals surface area contributed by atoms with Gasteiger partial charge in [-0.05, 0) is 29.0 Å². The largest absolute Gasteiger partial charge is 0.489 e. The topological polar surface area (TPSA) is 38.7 Å². The van der Waals surface area contributed by atoms with Crippen LogP contribution in [0.2, 0.25) is 0 Å². The molecule has 24 heavy (non-hydrogen) atoms. The van der Waals surface area contributed by atoms with Crippen molar-refractivity contribution in [3.63, 3.8) is 0 Å². The lowest BCUT2D eigenvalue weighted by molar-refractivity contribution is 0.0220. The molecule has 0 bridgehead atoms. The van der Waals surface area contributed by atoms with Gasteiger partial charge in [-0.15, -0.1) is 6.58 Å². The van der Waals surface area contributed by atoms with E-state index < -0.39 is 6.10 Å². The predicted molar refractivity (Wildman–Crippen MR) is 102 cm³/mol. The number of aliphatic hydroxyl groups is 1. The van der Waals surface area contributed by atoms with Gasteiger partial charge in [0.15, 0.2) is 0 Å². The van der Waals surface area contributed by atoms with Crippen molar-refractivity contribution in [2.45, 2.75) is 6.10 Å². The lowest BCUT2D eigenvalue weighted by atomic mass is 10.0. The summed E-state index contributed by atoms with van der Waals surface area (Å²) < 4.78 is 12.3. The molecule has 0 aliphatic rings. The Morgan fingerprint density at radius 3 is 2.67 bits per heavy atom. The first-order valence-electron chi connectivity index (χ1n) is 7.79. The van der Waals surface area contributed by atoms with Crippen molar-refractivity contribution in [1.29, 1.82) is 0 Å². The highest BCUT2D eigenvalue weighted by molar-refractivity contribution is 9.10. The Balaban J connectivity index is 1.94. The Bertz CT molecular complexity index is 860. The molecule has 1 unspecified atom stereocenters. The summed E-state index contributed by atoms with van der Waals surface area (Å²) in [7, 11) is 0. The van der Waals surface area contributed by atoms with Crippen LogP contribution in [0.1, 0.15) is 0 Å². The Labute approximate surface area is 149 Å². The van der Waals surface area contributed by atoms with Gasteiger partial charge in [0.1, 0.15) is 18.5 Å². The van der Waals surface area contributed by atoms with Crippen molar-refractivity contribution in [3.05, 3.63) is 65.7 Å². The van der Waals surface area contributed by atoms with E-state index in [1.165, 1.54) is 0 Å². The lowest BCUT2D eigenvalue weighted by Crippen LogP contribution is -2.23. The molecule has 0 aromatic heterocycles. The van der Waals surface area contributed by atoms with E-state index in [9.17, 15) is 5.11 Å². The second-order valence-electron chi connectivity index (χ2n) is 5.58. The van der Waals surface area contributed by atoms with Crippen molar-refractivity contribution < 1.29 is 14.6 Å². The number of halogens is 1. The van der Waals surface area contributed by atoms with Crippen LogP contribution >= 0.6 is 15.9 Å². The van der Waals surface area contributed by atoms with Gasteiger partial charge >= 0.3 is 0 Å². The molecule has 0 saturated heterocycles. The normalized spacial score (nSPS) is 12.4. The third-order valence-electron chi connectivity index (χ3n) is 3.74. The minimum absolute atomic E-state index is 0.173. The van der Waals surface area contributed by atoms with E-state index in [1.807, 2.05) is 30.3 Å². The van der Waals surface area contributed by atoms with Crippen molar-refractivity contribution in [2.24, 2.45) is 0 Å². The molecule has 0 aliphatic carbocycles. The van der Waals surface area contributed by atoms with Crippen molar-refractivity contribution >= 4 is 37.5 Å². The molecule has 4 heteroatoms. The molecule has 124 valence electrons. The summed E-state index contributed by atoms with van der Waals surface area (Å²) in [5.41, 5.74) is 0. The lowest BCUT2D eigenvalue weighted by Gasteiger charge is -2.16. The highest BCUT2D eigenvalue weighted by atomic mass is 79.9. The average Bonchev–Trinajstić information content (AvgIpc) is 2.59. The van der Waals surface area contributed by atoms with Gasteiger partial charge in [0.25, 0.3) is 0 Å². The minimum atomic E-state index is -0.689. The van der Waals surface area contributed by atoms with E-state index >= 15 is 0 Å². The van der Waals surface area contributed by atoms with Crippen LogP contribution in [-0.2, 0) is 4.74 Å². The van der Waals surface area contributed by atoms with Crippen molar-refractivity contribution in [1.82, 2.24) is 0 Å². The zero-order chi connectivity index (χ0) is 16.9. The molecular weight excluding hydrogens is 368 g/mol. The molecule has 1 atom stereocenters. The Kier molecular flexibility index (Phi) is 5.51. The van der Waals surface area contributed by atoms with Gasteiger partial charge in [0.2, 0.25) is 0 Å². The van der Waals surface area contributed by atoms with Crippen LogP contribution < -0.4 is 4.74 Å². The number of ether oxygens (including phenoxy) is 2. The van der Waals surface area contributed by atoms with Gasteiger partial charge in [0, 0.05) is 15.2 Å². The smallest absolute Gasteiger partial charge is 0.135 e. The van der Waals surface area contributed by atoms with Crippen molar-refractivity contribution in [3.8, 4) is 5.75 Å². The molecule has 3 nitrogen and oxygen atoms in total. The zero-order valence-corrected chi connectivity index (χ0v) is 14.8. The molecule has 0 radical (unpaired) electrons. The van der Waals surface area contributed by atoms with Gasteiger partial charge in [-0.1, -0.05) is 52.3 Å². The number of benzene rings is 3. The van der Waals surface area contributed by atoms with E-state index in [2.05, 4.69) is 40.7 Å². The SMILES string of the molecule is C=CCOCC(O)COc1c2ccccc2cc2ccc(Br)cc12. The molecular formula is C20H19BrO3. The van der Waals surface area contributed by atoms with Gasteiger partial charge in [-0.3, -0.25) is 0 Å². The molecule has 1 N–H and O–H groups in total. The Morgan fingerprint density at radius 2 is 1.83 bits per heavy atom. The molecule has 3 rings (SSSR count). The summed E-state index contributed by atoms with van der Waals surface area (Å²) in [5.74, 6) is 0.784. The van der Waals surface area contributed by atoms with Crippen LogP contribution in [-0.4, -0.2) is 31.0 Å². The van der Waals surface area contributed by atoms with Crippen LogP contribution in [0.3, 0.4) is 0 Å².